The van der Waals surface area contributed by atoms with Crippen LogP contribution in [-0.2, 0) is 28.6 Å². The topological polar surface area (TPSA) is 78.9 Å². The molecule has 0 atom stereocenters. The van der Waals surface area contributed by atoms with Crippen molar-refractivity contribution in [1.82, 2.24) is 0 Å². The van der Waals surface area contributed by atoms with Crippen LogP contribution in [0.2, 0.25) is 0 Å². The number of esters is 3. The van der Waals surface area contributed by atoms with Crippen LogP contribution in [0.4, 0.5) is 0 Å². The molecule has 7 heteroatoms. The van der Waals surface area contributed by atoms with E-state index in [1.54, 1.807) is 0 Å². The van der Waals surface area contributed by atoms with Gasteiger partial charge in [-0.3, -0.25) is 14.4 Å². The highest BCUT2D eigenvalue weighted by atomic mass is 79.9. The summed E-state index contributed by atoms with van der Waals surface area (Å²) in [5, 5.41) is 0.393. The fourth-order valence-corrected chi connectivity index (χ4v) is 8.50. The lowest BCUT2D eigenvalue weighted by atomic mass is 9.94. The largest absolute Gasteiger partial charge is 0.465 e. The number of unbranched alkanes of at least 4 members (excludes halogenated alkanes) is 36. The molecule has 60 heavy (non-hydrogen) atoms. The van der Waals surface area contributed by atoms with Crippen molar-refractivity contribution in [3.8, 4) is 0 Å². The van der Waals surface area contributed by atoms with Gasteiger partial charge in [0.25, 0.3) is 0 Å². The summed E-state index contributed by atoms with van der Waals surface area (Å²) >= 11 is 3.60. The predicted molar refractivity (Wildman–Crippen MR) is 260 cm³/mol. The zero-order chi connectivity index (χ0) is 43.9. The summed E-state index contributed by atoms with van der Waals surface area (Å²) in [4.78, 5) is 38.5. The molecule has 0 aliphatic carbocycles. The minimum atomic E-state index is -0.816. The van der Waals surface area contributed by atoms with E-state index in [1.807, 2.05) is 0 Å². The maximum Gasteiger partial charge on any atom is 0.305 e. The second-order valence-corrected chi connectivity index (χ2v) is 19.2. The number of hydrogen-bond donors (Lipinski definition) is 0. The molecule has 0 spiro atoms. The Morgan fingerprint density at radius 3 is 0.633 bits per heavy atom. The third-order valence-electron chi connectivity index (χ3n) is 12.4. The van der Waals surface area contributed by atoms with E-state index in [9.17, 15) is 14.4 Å². The molecule has 0 saturated heterocycles. The fourth-order valence-electron chi connectivity index (χ4n) is 8.02. The van der Waals surface area contributed by atoms with Crippen LogP contribution in [0.1, 0.15) is 290 Å². The van der Waals surface area contributed by atoms with Gasteiger partial charge >= 0.3 is 17.9 Å². The first-order valence-corrected chi connectivity index (χ1v) is 27.6. The Hall–Kier alpha value is -1.11. The molecule has 0 aromatic carbocycles. The molecule has 0 heterocycles. The number of carbonyl (C=O) groups excluding carboxylic acids is 3. The van der Waals surface area contributed by atoms with Crippen molar-refractivity contribution in [2.24, 2.45) is 5.41 Å². The zero-order valence-electron chi connectivity index (χ0n) is 40.4. The molecule has 6 nitrogen and oxygen atoms in total. The summed E-state index contributed by atoms with van der Waals surface area (Å²) in [7, 11) is 0. The second kappa shape index (κ2) is 47.4. The quantitative estimate of drug-likeness (QED) is 0.0262. The van der Waals surface area contributed by atoms with Gasteiger partial charge in [-0.05, 0) is 19.3 Å². The van der Waals surface area contributed by atoms with Gasteiger partial charge in [0.2, 0.25) is 0 Å². The van der Waals surface area contributed by atoms with Crippen molar-refractivity contribution < 1.29 is 28.6 Å². The maximum absolute atomic E-state index is 12.8. The van der Waals surface area contributed by atoms with Gasteiger partial charge in [-0.25, -0.2) is 0 Å². The molecule has 0 aromatic rings. The number of alkyl halides is 1. The lowest BCUT2D eigenvalue weighted by molar-refractivity contribution is -0.160. The average Bonchev–Trinajstić information content (AvgIpc) is 3.25. The van der Waals surface area contributed by atoms with Gasteiger partial charge in [-0.1, -0.05) is 268 Å². The molecular formula is C53H101BrO6. The van der Waals surface area contributed by atoms with Gasteiger partial charge in [0.1, 0.15) is 19.8 Å². The minimum absolute atomic E-state index is 0.0492. The maximum atomic E-state index is 12.8. The number of halogens is 1. The first-order valence-electron chi connectivity index (χ1n) is 26.5. The Morgan fingerprint density at radius 1 is 0.300 bits per heavy atom. The molecule has 0 saturated carbocycles. The highest BCUT2D eigenvalue weighted by molar-refractivity contribution is 9.09. The third kappa shape index (κ3) is 42.2. The van der Waals surface area contributed by atoms with Crippen molar-refractivity contribution in [2.45, 2.75) is 290 Å². The highest BCUT2D eigenvalue weighted by Crippen LogP contribution is 2.25. The monoisotopic (exact) mass is 913 g/mol. The summed E-state index contributed by atoms with van der Waals surface area (Å²) in [6.45, 7) is 6.95. The summed E-state index contributed by atoms with van der Waals surface area (Å²) in [6.07, 6.45) is 50.2. The van der Waals surface area contributed by atoms with E-state index in [0.29, 0.717) is 24.6 Å². The molecule has 0 aromatic heterocycles. The van der Waals surface area contributed by atoms with Crippen molar-refractivity contribution in [3.05, 3.63) is 0 Å². The van der Waals surface area contributed by atoms with Crippen LogP contribution in [0.25, 0.3) is 0 Å². The van der Waals surface area contributed by atoms with Crippen LogP contribution < -0.4 is 0 Å². The van der Waals surface area contributed by atoms with Crippen LogP contribution in [0.5, 0.6) is 0 Å². The Bertz CT molecular complexity index is 813. The molecule has 0 aliphatic rings. The zero-order valence-corrected chi connectivity index (χ0v) is 41.9. The minimum Gasteiger partial charge on any atom is -0.465 e. The van der Waals surface area contributed by atoms with Gasteiger partial charge < -0.3 is 14.2 Å². The Morgan fingerprint density at radius 2 is 0.467 bits per heavy atom. The Kier molecular flexibility index (Phi) is 46.5. The van der Waals surface area contributed by atoms with E-state index < -0.39 is 5.41 Å². The molecule has 0 aliphatic heterocycles. The first kappa shape index (κ1) is 58.9. The van der Waals surface area contributed by atoms with E-state index >= 15 is 0 Å². The lowest BCUT2D eigenvalue weighted by Crippen LogP contribution is -2.41. The van der Waals surface area contributed by atoms with Crippen molar-refractivity contribution in [1.29, 1.82) is 0 Å². The third-order valence-corrected chi connectivity index (χ3v) is 13.5. The molecule has 0 fully saturated rings. The SMILES string of the molecule is CCCCCCCCCCCCCCCC(=O)OCC(CBr)(COC(=O)CCCCCCCCCCCCCCC)COC(=O)CCCCCCCCCCCCCCC. The van der Waals surface area contributed by atoms with E-state index in [4.69, 9.17) is 14.2 Å². The lowest BCUT2D eigenvalue weighted by Gasteiger charge is -2.30. The number of ether oxygens (including phenoxy) is 3. The first-order chi connectivity index (χ1) is 29.4. The van der Waals surface area contributed by atoms with Gasteiger partial charge in [0, 0.05) is 24.6 Å². The van der Waals surface area contributed by atoms with Gasteiger partial charge in [-0.15, -0.1) is 0 Å². The normalized spacial score (nSPS) is 11.6. The molecule has 0 rings (SSSR count). The molecule has 0 radical (unpaired) electrons. The predicted octanol–water partition coefficient (Wildman–Crippen LogP) is 17.4. The molecule has 0 unspecified atom stereocenters. The summed E-state index contributed by atoms with van der Waals surface area (Å²) in [6, 6.07) is 0. The van der Waals surface area contributed by atoms with E-state index in [2.05, 4.69) is 36.7 Å². The van der Waals surface area contributed by atoms with E-state index in [1.165, 1.54) is 193 Å². The van der Waals surface area contributed by atoms with Gasteiger partial charge in [-0.2, -0.15) is 0 Å². The van der Waals surface area contributed by atoms with Gasteiger partial charge in [0.05, 0.1) is 5.41 Å². The van der Waals surface area contributed by atoms with E-state index in [-0.39, 0.29) is 37.7 Å². The molecule has 356 valence electrons. The van der Waals surface area contributed by atoms with Crippen LogP contribution >= 0.6 is 15.9 Å². The van der Waals surface area contributed by atoms with Crippen molar-refractivity contribution in [3.63, 3.8) is 0 Å². The molecule has 0 bridgehead atoms. The van der Waals surface area contributed by atoms with Crippen LogP contribution in [0.3, 0.4) is 0 Å². The van der Waals surface area contributed by atoms with Crippen LogP contribution in [0, 0.1) is 5.41 Å². The van der Waals surface area contributed by atoms with Crippen molar-refractivity contribution in [2.75, 3.05) is 25.2 Å². The molecular weight excluding hydrogens is 812 g/mol. The van der Waals surface area contributed by atoms with Crippen LogP contribution in [0.15, 0.2) is 0 Å². The van der Waals surface area contributed by atoms with Crippen molar-refractivity contribution >= 4 is 33.8 Å². The smallest absolute Gasteiger partial charge is 0.305 e. The Balaban J connectivity index is 4.56. The number of carbonyl (C=O) groups is 3. The molecule has 0 N–H and O–H groups in total. The molecule has 0 amide bonds. The number of rotatable bonds is 49. The highest BCUT2D eigenvalue weighted by Gasteiger charge is 2.35. The Labute approximate surface area is 381 Å². The standard InChI is InChI=1S/C53H101BrO6/c1-4-7-10-13-16-19-22-25-28-31-34-37-40-43-50(55)58-47-53(46-54,48-59-51(56)44-41-38-35-32-29-26-23-20-17-14-11-8-5-2)49-60-52(57)45-42-39-36-33-30-27-24-21-18-15-12-9-6-3/h4-49H2,1-3H3. The average molecular weight is 914 g/mol. The fraction of sp³-hybridized carbons (Fsp3) is 0.943. The second-order valence-electron chi connectivity index (χ2n) is 18.6. The summed E-state index contributed by atoms with van der Waals surface area (Å²) in [5.74, 6) is -0.708. The summed E-state index contributed by atoms with van der Waals surface area (Å²) < 4.78 is 17.3. The van der Waals surface area contributed by atoms with E-state index in [0.717, 1.165) is 57.8 Å². The van der Waals surface area contributed by atoms with Gasteiger partial charge in [0.15, 0.2) is 0 Å². The summed E-state index contributed by atoms with van der Waals surface area (Å²) in [5.41, 5.74) is -0.816. The van der Waals surface area contributed by atoms with Crippen LogP contribution in [-0.4, -0.2) is 43.1 Å². The number of hydrogen-bond acceptors (Lipinski definition) is 6.